The number of aliphatic hydroxyl groups is 1. The van der Waals surface area contributed by atoms with Crippen LogP contribution in [-0.4, -0.2) is 27.7 Å². The van der Waals surface area contributed by atoms with E-state index >= 15 is 0 Å². The molecule has 0 saturated heterocycles. The number of aromatic nitrogens is 1. The molecule has 1 heterocycles. The van der Waals surface area contributed by atoms with E-state index in [9.17, 15) is 5.11 Å². The molecule has 0 bridgehead atoms. The fourth-order valence-corrected chi connectivity index (χ4v) is 2.06. The van der Waals surface area contributed by atoms with Gasteiger partial charge in [-0.25, -0.2) is 0 Å². The van der Waals surface area contributed by atoms with Crippen LogP contribution in [0.25, 0.3) is 0 Å². The van der Waals surface area contributed by atoms with Crippen molar-refractivity contribution in [2.24, 2.45) is 0 Å². The molecule has 1 unspecified atom stereocenters. The molecule has 0 radical (unpaired) electrons. The molecule has 0 aromatic carbocycles. The van der Waals surface area contributed by atoms with Gasteiger partial charge in [0.1, 0.15) is 0 Å². The lowest BCUT2D eigenvalue weighted by molar-refractivity contribution is 0.200. The first-order valence-electron chi connectivity index (χ1n) is 4.97. The van der Waals surface area contributed by atoms with Crippen LogP contribution in [0.15, 0.2) is 24.5 Å². The third-order valence-corrected chi connectivity index (χ3v) is 3.20. The zero-order chi connectivity index (χ0) is 10.2. The van der Waals surface area contributed by atoms with Crippen LogP contribution in [-0.2, 0) is 6.42 Å². The summed E-state index contributed by atoms with van der Waals surface area (Å²) in [5.74, 6) is 1.96. The Morgan fingerprint density at radius 3 is 2.79 bits per heavy atom. The van der Waals surface area contributed by atoms with Crippen molar-refractivity contribution in [3.05, 3.63) is 30.1 Å². The molecule has 1 aromatic rings. The van der Waals surface area contributed by atoms with Gasteiger partial charge in [0.15, 0.2) is 0 Å². The molecule has 0 spiro atoms. The smallest absolute Gasteiger partial charge is 0.0670 e. The number of pyridine rings is 1. The van der Waals surface area contributed by atoms with Crippen molar-refractivity contribution in [2.75, 3.05) is 11.5 Å². The number of nitrogens with zero attached hydrogens (tertiary/aromatic N) is 1. The standard InChI is InChI=1S/C11H17NOS/c1-2-7-14-9-11(13)8-10-3-5-12-6-4-10/h3-6,11,13H,2,7-9H2,1H3. The second-order valence-corrected chi connectivity index (χ2v) is 4.44. The molecule has 0 aliphatic rings. The summed E-state index contributed by atoms with van der Waals surface area (Å²) < 4.78 is 0. The lowest BCUT2D eigenvalue weighted by atomic mass is 10.1. The molecule has 3 heteroatoms. The summed E-state index contributed by atoms with van der Waals surface area (Å²) in [6.45, 7) is 2.16. The van der Waals surface area contributed by atoms with Crippen molar-refractivity contribution in [1.29, 1.82) is 0 Å². The SMILES string of the molecule is CCCSCC(O)Cc1ccncc1. The molecule has 0 amide bonds. The Kier molecular flexibility index (Phi) is 5.64. The van der Waals surface area contributed by atoms with Gasteiger partial charge in [-0.2, -0.15) is 11.8 Å². The van der Waals surface area contributed by atoms with Gasteiger partial charge in [-0.15, -0.1) is 0 Å². The molecule has 0 fully saturated rings. The van der Waals surface area contributed by atoms with Crippen LogP contribution in [0.5, 0.6) is 0 Å². The molecular weight excluding hydrogens is 194 g/mol. The van der Waals surface area contributed by atoms with Gasteiger partial charge < -0.3 is 5.11 Å². The maximum absolute atomic E-state index is 9.69. The fraction of sp³-hybridized carbons (Fsp3) is 0.545. The Labute approximate surface area is 89.8 Å². The van der Waals surface area contributed by atoms with Gasteiger partial charge in [-0.05, 0) is 36.3 Å². The molecule has 0 aliphatic heterocycles. The number of thioether (sulfide) groups is 1. The highest BCUT2D eigenvalue weighted by Gasteiger charge is 2.04. The maximum Gasteiger partial charge on any atom is 0.0670 e. The summed E-state index contributed by atoms with van der Waals surface area (Å²) in [5.41, 5.74) is 1.16. The fourth-order valence-electron chi connectivity index (χ4n) is 1.21. The molecule has 14 heavy (non-hydrogen) atoms. The minimum atomic E-state index is -0.228. The van der Waals surface area contributed by atoms with E-state index in [2.05, 4.69) is 11.9 Å². The summed E-state index contributed by atoms with van der Waals surface area (Å²) in [6, 6.07) is 3.90. The van der Waals surface area contributed by atoms with Gasteiger partial charge in [0, 0.05) is 18.1 Å². The highest BCUT2D eigenvalue weighted by Crippen LogP contribution is 2.09. The van der Waals surface area contributed by atoms with E-state index < -0.39 is 0 Å². The Morgan fingerprint density at radius 2 is 2.14 bits per heavy atom. The van der Waals surface area contributed by atoms with Crippen LogP contribution in [0.1, 0.15) is 18.9 Å². The first-order chi connectivity index (χ1) is 6.83. The lowest BCUT2D eigenvalue weighted by Crippen LogP contribution is -2.13. The molecule has 2 nitrogen and oxygen atoms in total. The van der Waals surface area contributed by atoms with Crippen LogP contribution in [0.2, 0.25) is 0 Å². The van der Waals surface area contributed by atoms with E-state index in [1.165, 1.54) is 6.42 Å². The average Bonchev–Trinajstić information content (AvgIpc) is 2.20. The van der Waals surface area contributed by atoms with Crippen LogP contribution >= 0.6 is 11.8 Å². The Balaban J connectivity index is 2.23. The summed E-state index contributed by atoms with van der Waals surface area (Å²) in [5, 5.41) is 9.69. The van der Waals surface area contributed by atoms with E-state index in [0.717, 1.165) is 23.5 Å². The van der Waals surface area contributed by atoms with Crippen molar-refractivity contribution in [1.82, 2.24) is 4.98 Å². The number of aliphatic hydroxyl groups excluding tert-OH is 1. The largest absolute Gasteiger partial charge is 0.392 e. The summed E-state index contributed by atoms with van der Waals surface area (Å²) >= 11 is 1.81. The van der Waals surface area contributed by atoms with E-state index in [-0.39, 0.29) is 6.10 Å². The molecule has 78 valence electrons. The van der Waals surface area contributed by atoms with Crippen molar-refractivity contribution in [3.8, 4) is 0 Å². The number of hydrogen-bond acceptors (Lipinski definition) is 3. The summed E-state index contributed by atoms with van der Waals surface area (Å²) in [4.78, 5) is 3.94. The third-order valence-electron chi connectivity index (χ3n) is 1.88. The molecule has 1 atom stereocenters. The summed E-state index contributed by atoms with van der Waals surface area (Å²) in [6.07, 6.45) is 5.21. The Bertz CT molecular complexity index is 240. The Morgan fingerprint density at radius 1 is 1.43 bits per heavy atom. The predicted molar refractivity (Wildman–Crippen MR) is 61.6 cm³/mol. The normalized spacial score (nSPS) is 12.7. The van der Waals surface area contributed by atoms with Crippen LogP contribution in [0, 0.1) is 0 Å². The molecular formula is C11H17NOS. The highest BCUT2D eigenvalue weighted by molar-refractivity contribution is 7.99. The second kappa shape index (κ2) is 6.85. The van der Waals surface area contributed by atoms with Gasteiger partial charge in [0.2, 0.25) is 0 Å². The zero-order valence-corrected chi connectivity index (χ0v) is 9.33. The first kappa shape index (κ1) is 11.5. The van der Waals surface area contributed by atoms with E-state index in [1.807, 2.05) is 23.9 Å². The van der Waals surface area contributed by atoms with Crippen molar-refractivity contribution < 1.29 is 5.11 Å². The average molecular weight is 211 g/mol. The minimum Gasteiger partial charge on any atom is -0.392 e. The first-order valence-corrected chi connectivity index (χ1v) is 6.13. The van der Waals surface area contributed by atoms with Crippen LogP contribution in [0.4, 0.5) is 0 Å². The highest BCUT2D eigenvalue weighted by atomic mass is 32.2. The third kappa shape index (κ3) is 4.63. The molecule has 1 N–H and O–H groups in total. The Hall–Kier alpha value is -0.540. The molecule has 0 aliphatic carbocycles. The van der Waals surface area contributed by atoms with Crippen LogP contribution in [0.3, 0.4) is 0 Å². The molecule has 1 aromatic heterocycles. The maximum atomic E-state index is 9.69. The van der Waals surface area contributed by atoms with E-state index in [4.69, 9.17) is 0 Å². The van der Waals surface area contributed by atoms with Crippen molar-refractivity contribution >= 4 is 11.8 Å². The van der Waals surface area contributed by atoms with E-state index in [0.29, 0.717) is 0 Å². The molecule has 0 saturated carbocycles. The second-order valence-electron chi connectivity index (χ2n) is 3.29. The zero-order valence-electron chi connectivity index (χ0n) is 8.52. The number of hydrogen-bond donors (Lipinski definition) is 1. The van der Waals surface area contributed by atoms with Gasteiger partial charge in [-0.1, -0.05) is 6.92 Å². The van der Waals surface area contributed by atoms with Crippen molar-refractivity contribution in [2.45, 2.75) is 25.9 Å². The van der Waals surface area contributed by atoms with Gasteiger partial charge >= 0.3 is 0 Å². The van der Waals surface area contributed by atoms with Crippen molar-refractivity contribution in [3.63, 3.8) is 0 Å². The van der Waals surface area contributed by atoms with E-state index in [1.54, 1.807) is 12.4 Å². The van der Waals surface area contributed by atoms with Gasteiger partial charge in [0.05, 0.1) is 6.10 Å². The topological polar surface area (TPSA) is 33.1 Å². The molecule has 1 rings (SSSR count). The number of rotatable bonds is 6. The van der Waals surface area contributed by atoms with Gasteiger partial charge in [0.25, 0.3) is 0 Å². The summed E-state index contributed by atoms with van der Waals surface area (Å²) in [7, 11) is 0. The lowest BCUT2D eigenvalue weighted by Gasteiger charge is -2.09. The quantitative estimate of drug-likeness (QED) is 0.732. The monoisotopic (exact) mass is 211 g/mol. The predicted octanol–water partition coefficient (Wildman–Crippen LogP) is 2.13. The van der Waals surface area contributed by atoms with Gasteiger partial charge in [-0.3, -0.25) is 4.98 Å². The van der Waals surface area contributed by atoms with Crippen LogP contribution < -0.4 is 0 Å². The minimum absolute atomic E-state index is 0.228.